The van der Waals surface area contributed by atoms with E-state index in [4.69, 9.17) is 9.47 Å². The number of carbonyl (C=O) groups is 2. The van der Waals surface area contributed by atoms with Crippen LogP contribution in [0, 0.1) is 11.8 Å². The third-order valence-corrected chi connectivity index (χ3v) is 5.04. The number of nitrogens with one attached hydrogen (secondary N) is 1. The number of ether oxygens (including phenoxy) is 2. The summed E-state index contributed by atoms with van der Waals surface area (Å²) >= 11 is 0. The minimum absolute atomic E-state index is 0.0102. The number of hydrogen-bond donors (Lipinski definition) is 1. The van der Waals surface area contributed by atoms with Crippen molar-refractivity contribution in [1.82, 2.24) is 10.2 Å². The first-order valence-electron chi connectivity index (χ1n) is 8.83. The fourth-order valence-corrected chi connectivity index (χ4v) is 3.43. The monoisotopic (exact) mass is 346 g/mol. The zero-order valence-electron chi connectivity index (χ0n) is 14.9. The molecule has 2 amide bonds. The van der Waals surface area contributed by atoms with E-state index in [0.29, 0.717) is 26.2 Å². The van der Waals surface area contributed by atoms with Gasteiger partial charge in [0, 0.05) is 38.6 Å². The van der Waals surface area contributed by atoms with Crippen LogP contribution in [0.1, 0.15) is 24.3 Å². The van der Waals surface area contributed by atoms with Crippen LogP contribution < -0.4 is 10.1 Å². The number of hydrogen-bond acceptors (Lipinski definition) is 4. The van der Waals surface area contributed by atoms with Gasteiger partial charge < -0.3 is 19.7 Å². The van der Waals surface area contributed by atoms with Gasteiger partial charge in [-0.1, -0.05) is 12.1 Å². The Labute approximate surface area is 148 Å². The maximum absolute atomic E-state index is 12.7. The molecule has 1 aliphatic heterocycles. The maximum atomic E-state index is 12.7. The molecule has 0 spiro atoms. The second-order valence-electron chi connectivity index (χ2n) is 6.79. The third-order valence-electron chi connectivity index (χ3n) is 5.04. The smallest absolute Gasteiger partial charge is 0.225 e. The Morgan fingerprint density at radius 1 is 1.16 bits per heavy atom. The molecule has 3 rings (SSSR count). The van der Waals surface area contributed by atoms with E-state index in [1.54, 1.807) is 14.2 Å². The fraction of sp³-hybridized carbons (Fsp3) is 0.579. The maximum Gasteiger partial charge on any atom is 0.225 e. The summed E-state index contributed by atoms with van der Waals surface area (Å²) in [4.78, 5) is 27.0. The molecule has 1 aliphatic carbocycles. The molecular formula is C19H26N2O4. The first kappa shape index (κ1) is 17.7. The van der Waals surface area contributed by atoms with E-state index >= 15 is 0 Å². The van der Waals surface area contributed by atoms with Gasteiger partial charge in [-0.25, -0.2) is 0 Å². The van der Waals surface area contributed by atoms with Gasteiger partial charge in [0.25, 0.3) is 0 Å². The fourth-order valence-electron chi connectivity index (χ4n) is 3.43. The summed E-state index contributed by atoms with van der Waals surface area (Å²) < 4.78 is 10.2. The van der Waals surface area contributed by atoms with E-state index in [0.717, 1.165) is 24.2 Å². The van der Waals surface area contributed by atoms with Crippen molar-refractivity contribution in [2.45, 2.75) is 18.8 Å². The van der Waals surface area contributed by atoms with Gasteiger partial charge in [-0.05, 0) is 30.5 Å². The molecule has 0 aromatic heterocycles. The molecule has 1 saturated carbocycles. The molecule has 1 saturated heterocycles. The van der Waals surface area contributed by atoms with Crippen LogP contribution in [0.2, 0.25) is 0 Å². The van der Waals surface area contributed by atoms with Crippen molar-refractivity contribution in [1.29, 1.82) is 0 Å². The Hall–Kier alpha value is -2.08. The zero-order chi connectivity index (χ0) is 17.8. The van der Waals surface area contributed by atoms with Gasteiger partial charge in [0.1, 0.15) is 5.75 Å². The molecule has 2 fully saturated rings. The summed E-state index contributed by atoms with van der Waals surface area (Å²) in [7, 11) is 3.24. The molecule has 0 unspecified atom stereocenters. The third kappa shape index (κ3) is 4.12. The van der Waals surface area contributed by atoms with E-state index in [9.17, 15) is 9.59 Å². The molecule has 1 aromatic rings. The first-order valence-corrected chi connectivity index (χ1v) is 8.83. The molecule has 6 nitrogen and oxygen atoms in total. The molecule has 0 radical (unpaired) electrons. The summed E-state index contributed by atoms with van der Waals surface area (Å²) in [6.45, 7) is 2.06. The Morgan fingerprint density at radius 3 is 2.48 bits per heavy atom. The van der Waals surface area contributed by atoms with Crippen molar-refractivity contribution in [3.63, 3.8) is 0 Å². The average molecular weight is 346 g/mol. The molecule has 2 atom stereocenters. The van der Waals surface area contributed by atoms with E-state index < -0.39 is 0 Å². The predicted molar refractivity (Wildman–Crippen MR) is 93.4 cm³/mol. The Morgan fingerprint density at radius 2 is 1.88 bits per heavy atom. The van der Waals surface area contributed by atoms with Gasteiger partial charge in [0.05, 0.1) is 19.6 Å². The van der Waals surface area contributed by atoms with Gasteiger partial charge in [0.2, 0.25) is 11.8 Å². The predicted octanol–water partition coefficient (Wildman–Crippen LogP) is 1.41. The molecule has 1 heterocycles. The molecule has 6 heteroatoms. The summed E-state index contributed by atoms with van der Waals surface area (Å²) in [5.41, 5.74) is 1.07. The van der Waals surface area contributed by atoms with Crippen molar-refractivity contribution in [3.8, 4) is 5.75 Å². The van der Waals surface area contributed by atoms with Crippen LogP contribution in [0.25, 0.3) is 0 Å². The van der Waals surface area contributed by atoms with Gasteiger partial charge in [0.15, 0.2) is 0 Å². The van der Waals surface area contributed by atoms with Crippen molar-refractivity contribution in [3.05, 3.63) is 29.8 Å². The van der Waals surface area contributed by atoms with Crippen LogP contribution >= 0.6 is 0 Å². The van der Waals surface area contributed by atoms with Crippen molar-refractivity contribution >= 4 is 11.8 Å². The largest absolute Gasteiger partial charge is 0.497 e. The Bertz CT molecular complexity index is 612. The highest BCUT2D eigenvalue weighted by Gasteiger charge is 2.43. The molecule has 0 bridgehead atoms. The summed E-state index contributed by atoms with van der Waals surface area (Å²) in [5.74, 6) is 0.930. The topological polar surface area (TPSA) is 67.9 Å². The number of rotatable bonds is 7. The second kappa shape index (κ2) is 7.87. The van der Waals surface area contributed by atoms with Crippen molar-refractivity contribution < 1.29 is 19.1 Å². The zero-order valence-corrected chi connectivity index (χ0v) is 14.9. The number of carbonyl (C=O) groups excluding carboxylic acids is 2. The number of benzene rings is 1. The second-order valence-corrected chi connectivity index (χ2v) is 6.79. The van der Waals surface area contributed by atoms with E-state index in [-0.39, 0.29) is 29.6 Å². The van der Waals surface area contributed by atoms with E-state index in [1.807, 2.05) is 29.2 Å². The number of likely N-dealkylation sites (tertiary alicyclic amines) is 1. The Balaban J connectivity index is 1.74. The molecule has 2 aliphatic rings. The van der Waals surface area contributed by atoms with Gasteiger partial charge in [-0.3, -0.25) is 9.59 Å². The molecule has 1 N–H and O–H groups in total. The minimum atomic E-state index is -0.229. The number of methoxy groups -OCH3 is 2. The van der Waals surface area contributed by atoms with Gasteiger partial charge >= 0.3 is 0 Å². The molecule has 1 aromatic carbocycles. The lowest BCUT2D eigenvalue weighted by atomic mass is 9.88. The molecule has 25 heavy (non-hydrogen) atoms. The summed E-state index contributed by atoms with van der Waals surface area (Å²) in [6.07, 6.45) is 1.96. The summed E-state index contributed by atoms with van der Waals surface area (Å²) in [5, 5.41) is 2.93. The SMILES string of the molecule is COCCNC(=O)[C@H]1CN(C(=O)C2CC2)C[C@H]1c1ccc(OC)cc1. The minimum Gasteiger partial charge on any atom is -0.497 e. The lowest BCUT2D eigenvalue weighted by Gasteiger charge is -2.18. The van der Waals surface area contributed by atoms with Crippen LogP contribution in [0.15, 0.2) is 24.3 Å². The Kier molecular flexibility index (Phi) is 5.58. The average Bonchev–Trinajstić information content (AvgIpc) is 3.39. The van der Waals surface area contributed by atoms with Crippen molar-refractivity contribution in [2.75, 3.05) is 40.5 Å². The summed E-state index contributed by atoms with van der Waals surface area (Å²) in [6, 6.07) is 7.79. The van der Waals surface area contributed by atoms with Crippen molar-refractivity contribution in [2.24, 2.45) is 11.8 Å². The van der Waals surface area contributed by atoms with Crippen LogP contribution in [-0.2, 0) is 14.3 Å². The quantitative estimate of drug-likeness (QED) is 0.758. The van der Waals surface area contributed by atoms with E-state index in [1.165, 1.54) is 0 Å². The molecule has 136 valence electrons. The highest BCUT2D eigenvalue weighted by Crippen LogP contribution is 2.38. The van der Waals surface area contributed by atoms with Gasteiger partial charge in [-0.2, -0.15) is 0 Å². The van der Waals surface area contributed by atoms with Crippen LogP contribution in [0.5, 0.6) is 5.75 Å². The number of nitrogens with zero attached hydrogens (tertiary/aromatic N) is 1. The number of amides is 2. The highest BCUT2D eigenvalue weighted by molar-refractivity contribution is 5.85. The van der Waals surface area contributed by atoms with Crippen LogP contribution in [0.4, 0.5) is 0 Å². The van der Waals surface area contributed by atoms with Gasteiger partial charge in [-0.15, -0.1) is 0 Å². The standard InChI is InChI=1S/C19H26N2O4/c1-24-10-9-20-18(22)17-12-21(19(23)14-3-4-14)11-16(17)13-5-7-15(25-2)8-6-13/h5-8,14,16-17H,3-4,9-12H2,1-2H3,(H,20,22)/t16-,17-/m0/s1. The van der Waals surface area contributed by atoms with Crippen LogP contribution in [0.3, 0.4) is 0 Å². The molecular weight excluding hydrogens is 320 g/mol. The highest BCUT2D eigenvalue weighted by atomic mass is 16.5. The van der Waals surface area contributed by atoms with Crippen LogP contribution in [-0.4, -0.2) is 57.2 Å². The first-order chi connectivity index (χ1) is 12.1. The normalized spacial score (nSPS) is 22.7. The lowest BCUT2D eigenvalue weighted by molar-refractivity contribution is -0.132. The van der Waals surface area contributed by atoms with E-state index in [2.05, 4.69) is 5.32 Å². The lowest BCUT2D eigenvalue weighted by Crippen LogP contribution is -2.37.